The first-order chi connectivity index (χ1) is 8.38. The second-order valence-electron chi connectivity index (χ2n) is 3.16. The zero-order valence-electron chi connectivity index (χ0n) is 9.05. The maximum atomic E-state index is 8.63. The SMILES string of the molecule is OCCC#Cc1csc(CSc2nccs2)c1. The molecule has 0 radical (unpaired) electrons. The van der Waals surface area contributed by atoms with Gasteiger partial charge in [-0.15, -0.1) is 22.7 Å². The van der Waals surface area contributed by atoms with E-state index in [1.807, 2.05) is 11.6 Å². The second kappa shape index (κ2) is 6.82. The van der Waals surface area contributed by atoms with Gasteiger partial charge in [0.15, 0.2) is 0 Å². The largest absolute Gasteiger partial charge is 0.395 e. The molecule has 2 rings (SSSR count). The quantitative estimate of drug-likeness (QED) is 0.690. The number of aromatic nitrogens is 1. The van der Waals surface area contributed by atoms with Crippen molar-refractivity contribution in [3.8, 4) is 11.8 Å². The van der Waals surface area contributed by atoms with Gasteiger partial charge in [0.05, 0.1) is 6.61 Å². The first-order valence-corrected chi connectivity index (χ1v) is 7.82. The molecule has 1 N–H and O–H groups in total. The molecule has 2 heterocycles. The normalized spacial score (nSPS) is 9.94. The molecule has 0 atom stereocenters. The third-order valence-electron chi connectivity index (χ3n) is 1.87. The smallest absolute Gasteiger partial charge is 0.150 e. The Morgan fingerprint density at radius 1 is 1.41 bits per heavy atom. The second-order valence-corrected chi connectivity index (χ2v) is 6.28. The highest BCUT2D eigenvalue weighted by Crippen LogP contribution is 2.27. The Hall–Kier alpha value is -0.800. The summed E-state index contributed by atoms with van der Waals surface area (Å²) in [5.74, 6) is 6.91. The molecule has 0 aliphatic carbocycles. The first-order valence-electron chi connectivity index (χ1n) is 5.08. The van der Waals surface area contributed by atoms with Crippen LogP contribution in [-0.2, 0) is 5.75 Å². The predicted molar refractivity (Wildman–Crippen MR) is 74.6 cm³/mol. The molecular weight excluding hydrogens is 270 g/mol. The van der Waals surface area contributed by atoms with Crippen LogP contribution in [0.1, 0.15) is 16.9 Å². The van der Waals surface area contributed by atoms with E-state index in [-0.39, 0.29) is 6.61 Å². The van der Waals surface area contributed by atoms with E-state index in [1.54, 1.807) is 34.4 Å². The minimum atomic E-state index is 0.129. The van der Waals surface area contributed by atoms with Gasteiger partial charge >= 0.3 is 0 Å². The summed E-state index contributed by atoms with van der Waals surface area (Å²) >= 11 is 5.14. The minimum absolute atomic E-state index is 0.129. The number of hydrogen-bond donors (Lipinski definition) is 1. The average molecular weight is 281 g/mol. The molecule has 88 valence electrons. The molecular formula is C12H11NOS3. The van der Waals surface area contributed by atoms with Crippen LogP contribution in [0.2, 0.25) is 0 Å². The zero-order valence-corrected chi connectivity index (χ0v) is 11.5. The van der Waals surface area contributed by atoms with Crippen LogP contribution in [-0.4, -0.2) is 16.7 Å². The standard InChI is InChI=1S/C12H11NOS3/c14-5-2-1-3-10-7-11(16-8-10)9-17-12-13-4-6-15-12/h4,6-8,14H,2,5,9H2. The molecule has 2 nitrogen and oxygen atoms in total. The molecule has 0 amide bonds. The van der Waals surface area contributed by atoms with E-state index in [9.17, 15) is 0 Å². The summed E-state index contributed by atoms with van der Waals surface area (Å²) in [4.78, 5) is 5.53. The fourth-order valence-corrected chi connectivity index (χ4v) is 3.67. The van der Waals surface area contributed by atoms with E-state index in [0.717, 1.165) is 15.7 Å². The summed E-state index contributed by atoms with van der Waals surface area (Å²) in [5, 5.41) is 12.7. The highest BCUT2D eigenvalue weighted by Gasteiger charge is 2.01. The molecule has 17 heavy (non-hydrogen) atoms. The lowest BCUT2D eigenvalue weighted by atomic mass is 10.3. The van der Waals surface area contributed by atoms with Crippen LogP contribution in [0.5, 0.6) is 0 Å². The topological polar surface area (TPSA) is 33.1 Å². The van der Waals surface area contributed by atoms with Crippen LogP contribution >= 0.6 is 34.4 Å². The lowest BCUT2D eigenvalue weighted by molar-refractivity contribution is 0.305. The van der Waals surface area contributed by atoms with E-state index in [0.29, 0.717) is 6.42 Å². The van der Waals surface area contributed by atoms with Crippen molar-refractivity contribution in [2.75, 3.05) is 6.61 Å². The molecule has 2 aromatic heterocycles. The third kappa shape index (κ3) is 4.17. The van der Waals surface area contributed by atoms with Crippen molar-refractivity contribution < 1.29 is 5.11 Å². The number of rotatable bonds is 4. The molecule has 0 saturated heterocycles. The van der Waals surface area contributed by atoms with Crippen molar-refractivity contribution in [3.05, 3.63) is 33.5 Å². The summed E-state index contributed by atoms with van der Waals surface area (Å²) in [7, 11) is 0. The molecule has 0 spiro atoms. The van der Waals surface area contributed by atoms with Crippen molar-refractivity contribution >= 4 is 34.4 Å². The highest BCUT2D eigenvalue weighted by molar-refractivity contribution is 8.00. The highest BCUT2D eigenvalue weighted by atomic mass is 32.2. The number of hydrogen-bond acceptors (Lipinski definition) is 5. The van der Waals surface area contributed by atoms with Gasteiger partial charge in [-0.2, -0.15) is 0 Å². The van der Waals surface area contributed by atoms with E-state index in [2.05, 4.69) is 28.3 Å². The first kappa shape index (κ1) is 12.7. The monoisotopic (exact) mass is 281 g/mol. The molecule has 0 saturated carbocycles. The van der Waals surface area contributed by atoms with Crippen molar-refractivity contribution in [1.82, 2.24) is 4.98 Å². The molecule has 0 aliphatic rings. The van der Waals surface area contributed by atoms with E-state index in [1.165, 1.54) is 4.88 Å². The van der Waals surface area contributed by atoms with Crippen LogP contribution in [0.4, 0.5) is 0 Å². The molecule has 0 aromatic carbocycles. The van der Waals surface area contributed by atoms with Crippen molar-refractivity contribution in [2.45, 2.75) is 16.5 Å². The van der Waals surface area contributed by atoms with E-state index in [4.69, 9.17) is 5.11 Å². The number of thioether (sulfide) groups is 1. The number of aliphatic hydroxyl groups is 1. The maximum absolute atomic E-state index is 8.63. The number of aliphatic hydroxyl groups excluding tert-OH is 1. The van der Waals surface area contributed by atoms with Crippen LogP contribution in [0.15, 0.2) is 27.4 Å². The van der Waals surface area contributed by atoms with Gasteiger partial charge < -0.3 is 5.11 Å². The lowest BCUT2D eigenvalue weighted by Gasteiger charge is -1.92. The van der Waals surface area contributed by atoms with Gasteiger partial charge in [-0.05, 0) is 6.07 Å². The van der Waals surface area contributed by atoms with Gasteiger partial charge in [0, 0.05) is 39.6 Å². The maximum Gasteiger partial charge on any atom is 0.150 e. The summed E-state index contributed by atoms with van der Waals surface area (Å²) in [5.41, 5.74) is 1.04. The number of thiazole rings is 1. The Kier molecular flexibility index (Phi) is 5.08. The zero-order chi connectivity index (χ0) is 11.9. The van der Waals surface area contributed by atoms with Gasteiger partial charge in [0.2, 0.25) is 0 Å². The molecule has 2 aromatic rings. The van der Waals surface area contributed by atoms with Crippen LogP contribution in [0.25, 0.3) is 0 Å². The molecule has 0 bridgehead atoms. The van der Waals surface area contributed by atoms with Gasteiger partial charge in [0.25, 0.3) is 0 Å². The Balaban J connectivity index is 1.88. The average Bonchev–Trinajstić information content (AvgIpc) is 2.98. The van der Waals surface area contributed by atoms with Crippen molar-refractivity contribution in [3.63, 3.8) is 0 Å². The number of thiophene rings is 1. The Morgan fingerprint density at radius 2 is 2.35 bits per heavy atom. The fourth-order valence-electron chi connectivity index (χ4n) is 1.16. The Morgan fingerprint density at radius 3 is 3.12 bits per heavy atom. The van der Waals surface area contributed by atoms with E-state index < -0.39 is 0 Å². The lowest BCUT2D eigenvalue weighted by Crippen LogP contribution is -1.76. The molecule has 5 heteroatoms. The van der Waals surface area contributed by atoms with Crippen molar-refractivity contribution in [2.24, 2.45) is 0 Å². The molecule has 0 aliphatic heterocycles. The van der Waals surface area contributed by atoms with Gasteiger partial charge in [-0.25, -0.2) is 4.98 Å². The van der Waals surface area contributed by atoms with E-state index >= 15 is 0 Å². The summed E-state index contributed by atoms with van der Waals surface area (Å²) in [6.07, 6.45) is 2.37. The molecule has 0 unspecified atom stereocenters. The Labute approximate surface area is 113 Å². The fraction of sp³-hybridized carbons (Fsp3) is 0.250. The molecule has 0 fully saturated rings. The van der Waals surface area contributed by atoms with Crippen LogP contribution in [0.3, 0.4) is 0 Å². The van der Waals surface area contributed by atoms with Gasteiger partial charge in [-0.1, -0.05) is 23.6 Å². The summed E-state index contributed by atoms with van der Waals surface area (Å²) < 4.78 is 1.10. The predicted octanol–water partition coefficient (Wildman–Crippen LogP) is 3.23. The van der Waals surface area contributed by atoms with Gasteiger partial charge in [-0.3, -0.25) is 0 Å². The summed E-state index contributed by atoms with van der Waals surface area (Å²) in [6.45, 7) is 0.129. The minimum Gasteiger partial charge on any atom is -0.395 e. The Bertz CT molecular complexity index is 507. The third-order valence-corrected chi connectivity index (χ3v) is 5.01. The van der Waals surface area contributed by atoms with Crippen molar-refractivity contribution in [1.29, 1.82) is 0 Å². The van der Waals surface area contributed by atoms with Crippen LogP contribution in [0, 0.1) is 11.8 Å². The van der Waals surface area contributed by atoms with Crippen LogP contribution < -0.4 is 0 Å². The summed E-state index contributed by atoms with van der Waals surface area (Å²) in [6, 6.07) is 2.11. The van der Waals surface area contributed by atoms with Gasteiger partial charge in [0.1, 0.15) is 4.34 Å². The number of nitrogens with zero attached hydrogens (tertiary/aromatic N) is 1.